The van der Waals surface area contributed by atoms with Gasteiger partial charge in [0.2, 0.25) is 5.91 Å². The van der Waals surface area contributed by atoms with Gasteiger partial charge in [0.05, 0.1) is 11.6 Å². The Hall–Kier alpha value is -1.69. The topological polar surface area (TPSA) is 64.4 Å². The fourth-order valence-corrected chi connectivity index (χ4v) is 3.07. The molecule has 0 fully saturated rings. The highest BCUT2D eigenvalue weighted by atomic mass is 19.3. The van der Waals surface area contributed by atoms with Crippen molar-refractivity contribution in [2.45, 2.75) is 64.1 Å². The molecule has 0 radical (unpaired) electrons. The van der Waals surface area contributed by atoms with Crippen molar-refractivity contribution in [1.82, 2.24) is 5.32 Å². The van der Waals surface area contributed by atoms with E-state index < -0.39 is 12.2 Å². The summed E-state index contributed by atoms with van der Waals surface area (Å²) in [6.45, 7) is 0.882. The molecule has 128 valence electrons. The highest BCUT2D eigenvalue weighted by Crippen LogP contribution is 2.33. The summed E-state index contributed by atoms with van der Waals surface area (Å²) in [7, 11) is 0. The average Bonchev–Trinajstić information content (AvgIpc) is 2.46. The molecule has 6 heteroatoms. The SMILES string of the molecule is CCCC(C)(N)C(=O)NC1CCCc2cc(OC(F)F)ccc21. The lowest BCUT2D eigenvalue weighted by Crippen LogP contribution is -2.52. The first-order valence-corrected chi connectivity index (χ1v) is 8.01. The lowest BCUT2D eigenvalue weighted by atomic mass is 9.86. The number of ether oxygens (including phenoxy) is 1. The Balaban J connectivity index is 2.14. The van der Waals surface area contributed by atoms with Crippen LogP contribution in [-0.4, -0.2) is 18.1 Å². The Kier molecular flexibility index (Phi) is 5.57. The summed E-state index contributed by atoms with van der Waals surface area (Å²) < 4.78 is 29.1. The minimum absolute atomic E-state index is 0.133. The number of rotatable bonds is 6. The lowest BCUT2D eigenvalue weighted by molar-refractivity contribution is -0.126. The van der Waals surface area contributed by atoms with Gasteiger partial charge in [-0.1, -0.05) is 19.4 Å². The van der Waals surface area contributed by atoms with E-state index in [-0.39, 0.29) is 17.7 Å². The smallest absolute Gasteiger partial charge is 0.387 e. The molecule has 1 aromatic carbocycles. The molecule has 2 rings (SSSR count). The van der Waals surface area contributed by atoms with Gasteiger partial charge >= 0.3 is 6.61 Å². The van der Waals surface area contributed by atoms with E-state index in [0.29, 0.717) is 6.42 Å². The van der Waals surface area contributed by atoms with Crippen LogP contribution in [0.4, 0.5) is 8.78 Å². The van der Waals surface area contributed by atoms with Crippen LogP contribution in [0.2, 0.25) is 0 Å². The van der Waals surface area contributed by atoms with Gasteiger partial charge in [-0.25, -0.2) is 0 Å². The van der Waals surface area contributed by atoms with Crippen LogP contribution in [0.15, 0.2) is 18.2 Å². The highest BCUT2D eigenvalue weighted by molar-refractivity contribution is 5.86. The van der Waals surface area contributed by atoms with Crippen molar-refractivity contribution < 1.29 is 18.3 Å². The summed E-state index contributed by atoms with van der Waals surface area (Å²) in [4.78, 5) is 12.4. The van der Waals surface area contributed by atoms with Crippen LogP contribution in [0.3, 0.4) is 0 Å². The first-order chi connectivity index (χ1) is 10.8. The van der Waals surface area contributed by atoms with Gasteiger partial charge in [-0.2, -0.15) is 8.78 Å². The maximum absolute atomic E-state index is 12.4. The molecule has 0 heterocycles. The van der Waals surface area contributed by atoms with Crippen LogP contribution in [-0.2, 0) is 11.2 Å². The molecule has 4 nitrogen and oxygen atoms in total. The number of halogens is 2. The normalized spacial score (nSPS) is 19.8. The monoisotopic (exact) mass is 326 g/mol. The minimum atomic E-state index is -2.83. The second kappa shape index (κ2) is 7.25. The zero-order valence-electron chi connectivity index (χ0n) is 13.6. The van der Waals surface area contributed by atoms with Crippen LogP contribution in [0.5, 0.6) is 5.75 Å². The zero-order chi connectivity index (χ0) is 17.0. The van der Waals surface area contributed by atoms with E-state index in [0.717, 1.165) is 36.8 Å². The fraction of sp³-hybridized carbons (Fsp3) is 0.588. The number of amides is 1. The average molecular weight is 326 g/mol. The number of benzene rings is 1. The number of aryl methyl sites for hydroxylation is 1. The Morgan fingerprint density at radius 3 is 2.91 bits per heavy atom. The molecular formula is C17H24F2N2O2. The molecule has 0 aromatic heterocycles. The van der Waals surface area contributed by atoms with E-state index in [4.69, 9.17) is 5.73 Å². The third-order valence-electron chi connectivity index (χ3n) is 4.25. The fourth-order valence-electron chi connectivity index (χ4n) is 3.07. The molecule has 2 atom stereocenters. The molecule has 1 aliphatic carbocycles. The van der Waals surface area contributed by atoms with Crippen LogP contribution >= 0.6 is 0 Å². The van der Waals surface area contributed by atoms with Crippen LogP contribution in [0, 0.1) is 0 Å². The summed E-state index contributed by atoms with van der Waals surface area (Å²) in [6.07, 6.45) is 3.92. The maximum atomic E-state index is 12.4. The quantitative estimate of drug-likeness (QED) is 0.843. The Labute approximate surface area is 135 Å². The van der Waals surface area contributed by atoms with E-state index in [1.807, 2.05) is 6.92 Å². The number of alkyl halides is 2. The number of hydrogen-bond acceptors (Lipinski definition) is 3. The summed E-state index contributed by atoms with van der Waals surface area (Å²) in [5.41, 5.74) is 7.07. The number of carbonyl (C=O) groups is 1. The van der Waals surface area contributed by atoms with Crippen molar-refractivity contribution >= 4 is 5.91 Å². The third kappa shape index (κ3) is 4.41. The summed E-state index contributed by atoms with van der Waals surface area (Å²) in [5.74, 6) is -0.0227. The number of fused-ring (bicyclic) bond motifs is 1. The van der Waals surface area contributed by atoms with E-state index in [9.17, 15) is 13.6 Å². The first kappa shape index (κ1) is 17.7. The summed E-state index contributed by atoms with van der Waals surface area (Å²) in [6, 6.07) is 4.77. The number of carbonyl (C=O) groups excluding carboxylic acids is 1. The molecule has 1 aliphatic rings. The van der Waals surface area contributed by atoms with Gasteiger partial charge < -0.3 is 15.8 Å². The molecule has 2 unspecified atom stereocenters. The number of nitrogens with two attached hydrogens (primary N) is 1. The van der Waals surface area contributed by atoms with Crippen molar-refractivity contribution in [3.8, 4) is 5.75 Å². The van der Waals surface area contributed by atoms with Gasteiger partial charge in [-0.3, -0.25) is 4.79 Å². The second-order valence-electron chi connectivity index (χ2n) is 6.32. The molecular weight excluding hydrogens is 302 g/mol. The standard InChI is InChI=1S/C17H24F2N2O2/c1-3-9-17(2,20)15(22)21-14-6-4-5-11-10-12(23-16(18)19)7-8-13(11)14/h7-8,10,14,16H,3-6,9,20H2,1-2H3,(H,21,22). The van der Waals surface area contributed by atoms with Gasteiger partial charge in [0.1, 0.15) is 5.75 Å². The van der Waals surface area contributed by atoms with Crippen LogP contribution in [0.1, 0.15) is 56.7 Å². The van der Waals surface area contributed by atoms with E-state index in [2.05, 4.69) is 10.1 Å². The Morgan fingerprint density at radius 2 is 2.26 bits per heavy atom. The molecule has 0 saturated heterocycles. The largest absolute Gasteiger partial charge is 0.435 e. The molecule has 0 saturated carbocycles. The molecule has 0 bridgehead atoms. The van der Waals surface area contributed by atoms with Gasteiger partial charge in [0, 0.05) is 0 Å². The predicted octanol–water partition coefficient (Wildman–Crippen LogP) is 3.30. The molecule has 23 heavy (non-hydrogen) atoms. The van der Waals surface area contributed by atoms with Gasteiger partial charge in [0.25, 0.3) is 0 Å². The second-order valence-corrected chi connectivity index (χ2v) is 6.32. The zero-order valence-corrected chi connectivity index (χ0v) is 13.6. The van der Waals surface area contributed by atoms with Crippen LogP contribution < -0.4 is 15.8 Å². The minimum Gasteiger partial charge on any atom is -0.435 e. The molecule has 0 aliphatic heterocycles. The van der Waals surface area contributed by atoms with Crippen molar-refractivity contribution in [1.29, 1.82) is 0 Å². The van der Waals surface area contributed by atoms with Crippen molar-refractivity contribution in [3.05, 3.63) is 29.3 Å². The van der Waals surface area contributed by atoms with Crippen molar-refractivity contribution in [3.63, 3.8) is 0 Å². The summed E-state index contributed by atoms with van der Waals surface area (Å²) in [5, 5.41) is 3.01. The highest BCUT2D eigenvalue weighted by Gasteiger charge is 2.31. The van der Waals surface area contributed by atoms with Crippen LogP contribution in [0.25, 0.3) is 0 Å². The molecule has 1 aromatic rings. The van der Waals surface area contributed by atoms with Gasteiger partial charge in [-0.15, -0.1) is 0 Å². The van der Waals surface area contributed by atoms with Gasteiger partial charge in [-0.05, 0) is 55.9 Å². The maximum Gasteiger partial charge on any atom is 0.387 e. The number of nitrogens with one attached hydrogen (secondary N) is 1. The first-order valence-electron chi connectivity index (χ1n) is 8.01. The number of hydrogen-bond donors (Lipinski definition) is 2. The van der Waals surface area contributed by atoms with E-state index in [1.54, 1.807) is 19.1 Å². The Morgan fingerprint density at radius 1 is 1.52 bits per heavy atom. The Bertz CT molecular complexity index is 562. The molecule has 1 amide bonds. The van der Waals surface area contributed by atoms with E-state index >= 15 is 0 Å². The third-order valence-corrected chi connectivity index (χ3v) is 4.25. The molecule has 3 N–H and O–H groups in total. The predicted molar refractivity (Wildman–Crippen MR) is 84.4 cm³/mol. The van der Waals surface area contributed by atoms with Crippen molar-refractivity contribution in [2.75, 3.05) is 0 Å². The summed E-state index contributed by atoms with van der Waals surface area (Å²) >= 11 is 0. The molecule has 0 spiro atoms. The van der Waals surface area contributed by atoms with Crippen molar-refractivity contribution in [2.24, 2.45) is 5.73 Å². The van der Waals surface area contributed by atoms with Gasteiger partial charge in [0.15, 0.2) is 0 Å². The lowest BCUT2D eigenvalue weighted by Gasteiger charge is -2.31. The van der Waals surface area contributed by atoms with E-state index in [1.165, 1.54) is 6.07 Å².